The molecule has 3 aromatic carbocycles. The van der Waals surface area contributed by atoms with Crippen LogP contribution in [0.5, 0.6) is 5.75 Å². The second-order valence-corrected chi connectivity index (χ2v) is 8.77. The van der Waals surface area contributed by atoms with E-state index in [9.17, 15) is 9.59 Å². The van der Waals surface area contributed by atoms with Gasteiger partial charge in [-0.05, 0) is 42.3 Å². The molecule has 0 bridgehead atoms. The number of para-hydroxylation sites is 2. The number of rotatable bonds is 7. The molecule has 6 N–H and O–H groups in total. The minimum atomic E-state index is -0.563. The van der Waals surface area contributed by atoms with E-state index in [0.717, 1.165) is 28.4 Å². The van der Waals surface area contributed by atoms with E-state index in [-0.39, 0.29) is 28.8 Å². The Hall–Kier alpha value is -4.56. The molecule has 0 radical (unpaired) electrons. The lowest BCUT2D eigenvalue weighted by atomic mass is 10.1. The van der Waals surface area contributed by atoms with Gasteiger partial charge in [-0.3, -0.25) is 9.59 Å². The van der Waals surface area contributed by atoms with Gasteiger partial charge in [0.15, 0.2) is 0 Å². The third-order valence-electron chi connectivity index (χ3n) is 5.91. The summed E-state index contributed by atoms with van der Waals surface area (Å²) >= 11 is 5.50. The summed E-state index contributed by atoms with van der Waals surface area (Å²) in [4.78, 5) is 26.2. The van der Waals surface area contributed by atoms with Crippen molar-refractivity contribution >= 4 is 51.4 Å². The topological polar surface area (TPSA) is 137 Å². The highest BCUT2D eigenvalue weighted by Crippen LogP contribution is 2.23. The van der Waals surface area contributed by atoms with Crippen LogP contribution >= 0.6 is 11.6 Å². The Labute approximate surface area is 218 Å². The third kappa shape index (κ3) is 5.99. The molecule has 0 saturated heterocycles. The standard InChI is InChI=1S/C21H20N4O.C7H6ClNO2/c22-11-16-13-25(20-8-4-2-6-18(16)20)14-21(26)23-10-9-15-12-24-19-7-3-1-5-17(15)19;8-5-3-4(7(9)11)1-2-6(5)10/h1-8,11-13,22,24H,9-10,14H2,(H,23,26);1-3,10H,(H2,9,11). The van der Waals surface area contributed by atoms with E-state index in [1.165, 1.54) is 35.4 Å². The third-order valence-corrected chi connectivity index (χ3v) is 6.22. The van der Waals surface area contributed by atoms with Crippen LogP contribution in [0.2, 0.25) is 5.02 Å². The molecule has 0 unspecified atom stereocenters. The fourth-order valence-electron chi connectivity index (χ4n) is 4.07. The normalized spacial score (nSPS) is 10.6. The summed E-state index contributed by atoms with van der Waals surface area (Å²) < 4.78 is 1.90. The number of H-pyrrole nitrogens is 1. The number of benzene rings is 3. The number of hydrogen-bond donors (Lipinski definition) is 5. The van der Waals surface area contributed by atoms with Crippen LogP contribution < -0.4 is 11.1 Å². The summed E-state index contributed by atoms with van der Waals surface area (Å²) in [5.41, 5.74) is 9.36. The number of nitrogens with two attached hydrogens (primary N) is 1. The number of aromatic nitrogens is 2. The molecule has 8 nitrogen and oxygen atoms in total. The summed E-state index contributed by atoms with van der Waals surface area (Å²) in [6, 6.07) is 20.1. The Morgan fingerprint density at radius 2 is 1.81 bits per heavy atom. The van der Waals surface area contributed by atoms with Crippen molar-refractivity contribution < 1.29 is 14.7 Å². The lowest BCUT2D eigenvalue weighted by molar-refractivity contribution is -0.121. The molecule has 0 aliphatic heterocycles. The van der Waals surface area contributed by atoms with Crippen molar-refractivity contribution in [3.05, 3.63) is 101 Å². The number of amides is 2. The minimum absolute atomic E-state index is 0.0258. The SMILES string of the molecule is N=Cc1cn(CC(=O)NCCc2c[nH]c3ccccc23)c2ccccc12.NC(=O)c1ccc(O)c(Cl)c1. The average molecular weight is 516 g/mol. The van der Waals surface area contributed by atoms with Crippen molar-refractivity contribution in [1.82, 2.24) is 14.9 Å². The van der Waals surface area contributed by atoms with Gasteiger partial charge in [0.1, 0.15) is 12.3 Å². The van der Waals surface area contributed by atoms with Crippen molar-refractivity contribution in [2.45, 2.75) is 13.0 Å². The number of phenols is 1. The molecule has 5 aromatic rings. The molecule has 5 rings (SSSR count). The van der Waals surface area contributed by atoms with Gasteiger partial charge in [0.2, 0.25) is 11.8 Å². The molecule has 37 heavy (non-hydrogen) atoms. The second kappa shape index (κ2) is 11.5. The van der Waals surface area contributed by atoms with Crippen LogP contribution in [0.4, 0.5) is 0 Å². The zero-order chi connectivity index (χ0) is 26.4. The minimum Gasteiger partial charge on any atom is -0.506 e. The Morgan fingerprint density at radius 3 is 2.54 bits per heavy atom. The van der Waals surface area contributed by atoms with Gasteiger partial charge in [-0.1, -0.05) is 48.0 Å². The molecule has 188 valence electrons. The molecule has 0 saturated carbocycles. The molecular weight excluding hydrogens is 490 g/mol. The molecule has 2 aromatic heterocycles. The quantitative estimate of drug-likeness (QED) is 0.202. The van der Waals surface area contributed by atoms with E-state index in [0.29, 0.717) is 6.54 Å². The molecule has 0 aliphatic carbocycles. The molecule has 9 heteroatoms. The lowest BCUT2D eigenvalue weighted by Gasteiger charge is -2.07. The van der Waals surface area contributed by atoms with Crippen LogP contribution in [-0.2, 0) is 17.8 Å². The Balaban J connectivity index is 0.000000245. The molecule has 0 fully saturated rings. The summed E-state index contributed by atoms with van der Waals surface area (Å²) in [7, 11) is 0. The van der Waals surface area contributed by atoms with Crippen LogP contribution in [0.1, 0.15) is 21.5 Å². The van der Waals surface area contributed by atoms with E-state index in [1.807, 2.05) is 53.4 Å². The maximum Gasteiger partial charge on any atom is 0.248 e. The summed E-state index contributed by atoms with van der Waals surface area (Å²) in [6.45, 7) is 0.847. The first-order chi connectivity index (χ1) is 17.9. The van der Waals surface area contributed by atoms with Gasteiger partial charge >= 0.3 is 0 Å². The number of nitrogens with one attached hydrogen (secondary N) is 3. The van der Waals surface area contributed by atoms with Crippen LogP contribution in [-0.4, -0.2) is 39.2 Å². The number of carbonyl (C=O) groups is 2. The number of aromatic hydroxyl groups is 1. The van der Waals surface area contributed by atoms with Gasteiger partial charge < -0.3 is 31.1 Å². The second-order valence-electron chi connectivity index (χ2n) is 8.36. The van der Waals surface area contributed by atoms with Gasteiger partial charge in [-0.2, -0.15) is 0 Å². The highest BCUT2D eigenvalue weighted by Gasteiger charge is 2.10. The van der Waals surface area contributed by atoms with Crippen molar-refractivity contribution in [2.24, 2.45) is 5.73 Å². The molecule has 2 amide bonds. The molecule has 0 atom stereocenters. The zero-order valence-corrected chi connectivity index (χ0v) is 20.6. The number of carbonyl (C=O) groups excluding carboxylic acids is 2. The van der Waals surface area contributed by atoms with E-state index < -0.39 is 5.91 Å². The Kier molecular flexibility index (Phi) is 7.90. The highest BCUT2D eigenvalue weighted by atomic mass is 35.5. The fraction of sp³-hybridized carbons (Fsp3) is 0.107. The van der Waals surface area contributed by atoms with Gasteiger partial charge in [-0.15, -0.1) is 0 Å². The van der Waals surface area contributed by atoms with Crippen LogP contribution in [0.25, 0.3) is 21.8 Å². The number of fused-ring (bicyclic) bond motifs is 2. The monoisotopic (exact) mass is 515 g/mol. The van der Waals surface area contributed by atoms with Crippen LogP contribution in [0, 0.1) is 5.41 Å². The molecule has 0 spiro atoms. The van der Waals surface area contributed by atoms with Gasteiger partial charge in [0.05, 0.1) is 5.02 Å². The highest BCUT2D eigenvalue weighted by molar-refractivity contribution is 6.32. The maximum atomic E-state index is 12.3. The van der Waals surface area contributed by atoms with E-state index in [2.05, 4.69) is 22.4 Å². The van der Waals surface area contributed by atoms with Crippen LogP contribution in [0.3, 0.4) is 0 Å². The zero-order valence-electron chi connectivity index (χ0n) is 19.9. The smallest absolute Gasteiger partial charge is 0.248 e. The van der Waals surface area contributed by atoms with E-state index in [4.69, 9.17) is 27.9 Å². The number of phenolic OH excluding ortho intramolecular Hbond substituents is 1. The van der Waals surface area contributed by atoms with Crippen molar-refractivity contribution in [3.8, 4) is 5.75 Å². The average Bonchev–Trinajstić information content (AvgIpc) is 3.47. The molecular formula is C28H26ClN5O3. The summed E-state index contributed by atoms with van der Waals surface area (Å²) in [5, 5.41) is 21.8. The predicted octanol–water partition coefficient (Wildman–Crippen LogP) is 4.62. The predicted molar refractivity (Wildman–Crippen MR) is 146 cm³/mol. The lowest BCUT2D eigenvalue weighted by Crippen LogP contribution is -2.29. The van der Waals surface area contributed by atoms with Gasteiger partial charge in [0, 0.05) is 58.1 Å². The van der Waals surface area contributed by atoms with Gasteiger partial charge in [0.25, 0.3) is 0 Å². The van der Waals surface area contributed by atoms with Crippen LogP contribution in [0.15, 0.2) is 79.1 Å². The Morgan fingerprint density at radius 1 is 1.08 bits per heavy atom. The summed E-state index contributed by atoms with van der Waals surface area (Å²) in [6.07, 6.45) is 5.98. The number of hydrogen-bond acceptors (Lipinski definition) is 4. The molecule has 0 aliphatic rings. The maximum absolute atomic E-state index is 12.3. The molecule has 2 heterocycles. The number of nitrogens with zero attached hydrogens (tertiary/aromatic N) is 1. The van der Waals surface area contributed by atoms with Crippen molar-refractivity contribution in [3.63, 3.8) is 0 Å². The van der Waals surface area contributed by atoms with Gasteiger partial charge in [-0.25, -0.2) is 0 Å². The summed E-state index contributed by atoms with van der Waals surface area (Å²) in [5.74, 6) is -0.648. The first kappa shape index (κ1) is 25.5. The largest absolute Gasteiger partial charge is 0.506 e. The van der Waals surface area contributed by atoms with Crippen molar-refractivity contribution in [2.75, 3.05) is 6.54 Å². The first-order valence-electron chi connectivity index (χ1n) is 11.6. The van der Waals surface area contributed by atoms with E-state index >= 15 is 0 Å². The number of primary amides is 1. The first-order valence-corrected chi connectivity index (χ1v) is 11.9. The number of aromatic amines is 1. The fourth-order valence-corrected chi connectivity index (χ4v) is 4.25. The number of halogens is 1. The Bertz CT molecular complexity index is 1590. The van der Waals surface area contributed by atoms with Crippen molar-refractivity contribution in [1.29, 1.82) is 5.41 Å². The van der Waals surface area contributed by atoms with E-state index in [1.54, 1.807) is 0 Å².